The molecule has 0 N–H and O–H groups in total. The first-order valence-corrected chi connectivity index (χ1v) is 7.96. The molecule has 0 saturated carbocycles. The highest BCUT2D eigenvalue weighted by atomic mass is 32.1. The fourth-order valence-electron chi connectivity index (χ4n) is 2.55. The van der Waals surface area contributed by atoms with Crippen molar-refractivity contribution in [3.8, 4) is 0 Å². The van der Waals surface area contributed by atoms with Crippen LogP contribution in [0.4, 0.5) is 0 Å². The first-order valence-electron chi connectivity index (χ1n) is 7.08. The fraction of sp³-hybridized carbons (Fsp3) is 0.667. The normalized spacial score (nSPS) is 19.8. The van der Waals surface area contributed by atoms with E-state index in [1.165, 1.54) is 24.2 Å². The third-order valence-electron chi connectivity index (χ3n) is 3.56. The van der Waals surface area contributed by atoms with Crippen LogP contribution in [0.25, 0.3) is 0 Å². The molecule has 1 aliphatic rings. The van der Waals surface area contributed by atoms with Crippen molar-refractivity contribution in [3.63, 3.8) is 0 Å². The third kappa shape index (κ3) is 5.05. The van der Waals surface area contributed by atoms with Gasteiger partial charge >= 0.3 is 0 Å². The summed E-state index contributed by atoms with van der Waals surface area (Å²) in [5.74, 6) is 0.955. The predicted molar refractivity (Wildman–Crippen MR) is 78.9 cm³/mol. The molecule has 0 aromatic carbocycles. The number of carbonyl (C=O) groups excluding carboxylic acids is 1. The third-order valence-corrected chi connectivity index (χ3v) is 4.48. The van der Waals surface area contributed by atoms with E-state index in [1.807, 2.05) is 17.5 Å². The molecule has 1 aromatic heterocycles. The summed E-state index contributed by atoms with van der Waals surface area (Å²) in [5, 5.41) is 1.96. The van der Waals surface area contributed by atoms with Crippen molar-refractivity contribution in [1.29, 1.82) is 0 Å². The second-order valence-electron chi connectivity index (χ2n) is 5.35. The van der Waals surface area contributed by atoms with E-state index >= 15 is 0 Å². The number of Topliss-reactive ketones (excluding diaryl/α,β-unsaturated/α-hetero) is 1. The maximum absolute atomic E-state index is 11.8. The van der Waals surface area contributed by atoms with E-state index in [2.05, 4.69) is 11.9 Å². The molecule has 19 heavy (non-hydrogen) atoms. The van der Waals surface area contributed by atoms with Crippen LogP contribution < -0.4 is 0 Å². The largest absolute Gasteiger partial charge is 0.381 e. The van der Waals surface area contributed by atoms with Crippen LogP contribution in [0.5, 0.6) is 0 Å². The summed E-state index contributed by atoms with van der Waals surface area (Å²) in [6.45, 7) is 3.91. The summed E-state index contributed by atoms with van der Waals surface area (Å²) < 4.78 is 5.50. The Labute approximate surface area is 119 Å². The number of hydrogen-bond donors (Lipinski definition) is 0. The molecule has 0 radical (unpaired) electrons. The Morgan fingerprint density at radius 3 is 3.16 bits per heavy atom. The maximum Gasteiger partial charge on any atom is 0.172 e. The zero-order valence-electron chi connectivity index (χ0n) is 11.6. The van der Waals surface area contributed by atoms with Gasteiger partial charge in [-0.2, -0.15) is 0 Å². The van der Waals surface area contributed by atoms with Crippen LogP contribution in [0.2, 0.25) is 0 Å². The molecule has 1 atom stereocenters. The van der Waals surface area contributed by atoms with E-state index in [-0.39, 0.29) is 5.78 Å². The molecule has 0 aliphatic carbocycles. The van der Waals surface area contributed by atoms with Crippen LogP contribution in [-0.4, -0.2) is 44.0 Å². The Kier molecular flexibility index (Phi) is 6.01. The van der Waals surface area contributed by atoms with E-state index in [1.54, 1.807) is 0 Å². The van der Waals surface area contributed by atoms with E-state index in [0.29, 0.717) is 12.3 Å². The quantitative estimate of drug-likeness (QED) is 0.719. The summed E-state index contributed by atoms with van der Waals surface area (Å²) in [4.78, 5) is 15.1. The van der Waals surface area contributed by atoms with Gasteiger partial charge in [0.15, 0.2) is 5.78 Å². The van der Waals surface area contributed by atoms with Crippen molar-refractivity contribution < 1.29 is 9.53 Å². The molecule has 1 saturated heterocycles. The SMILES string of the molecule is CN(CCCC(=O)c1cccs1)CC1CCCOC1. The molecular formula is C15H23NO2S. The first kappa shape index (κ1) is 14.7. The summed E-state index contributed by atoms with van der Waals surface area (Å²) in [6.07, 6.45) is 4.07. The van der Waals surface area contributed by atoms with E-state index in [0.717, 1.165) is 37.6 Å². The molecule has 0 amide bonds. The van der Waals surface area contributed by atoms with Gasteiger partial charge in [-0.05, 0) is 50.2 Å². The minimum absolute atomic E-state index is 0.282. The molecule has 3 nitrogen and oxygen atoms in total. The van der Waals surface area contributed by atoms with Crippen LogP contribution in [0.15, 0.2) is 17.5 Å². The highest BCUT2D eigenvalue weighted by Crippen LogP contribution is 2.15. The molecule has 2 heterocycles. The number of rotatable bonds is 7. The lowest BCUT2D eigenvalue weighted by Gasteiger charge is -2.26. The van der Waals surface area contributed by atoms with Gasteiger partial charge in [-0.1, -0.05) is 6.07 Å². The van der Waals surface area contributed by atoms with E-state index in [9.17, 15) is 4.79 Å². The van der Waals surface area contributed by atoms with Crippen LogP contribution >= 0.6 is 11.3 Å². The van der Waals surface area contributed by atoms with Gasteiger partial charge in [0.25, 0.3) is 0 Å². The van der Waals surface area contributed by atoms with Gasteiger partial charge in [-0.15, -0.1) is 11.3 Å². The number of thiophene rings is 1. The lowest BCUT2D eigenvalue weighted by atomic mass is 10.0. The number of ether oxygens (including phenoxy) is 1. The monoisotopic (exact) mass is 281 g/mol. The predicted octanol–water partition coefficient (Wildman–Crippen LogP) is 3.07. The molecule has 4 heteroatoms. The molecule has 0 spiro atoms. The van der Waals surface area contributed by atoms with Crippen LogP contribution in [0, 0.1) is 5.92 Å². The maximum atomic E-state index is 11.8. The first-order chi connectivity index (χ1) is 9.25. The lowest BCUT2D eigenvalue weighted by Crippen LogP contribution is -2.31. The van der Waals surface area contributed by atoms with Gasteiger partial charge in [0.05, 0.1) is 11.5 Å². The van der Waals surface area contributed by atoms with Crippen LogP contribution in [-0.2, 0) is 4.74 Å². The van der Waals surface area contributed by atoms with Crippen molar-refractivity contribution >= 4 is 17.1 Å². The Morgan fingerprint density at radius 2 is 2.47 bits per heavy atom. The van der Waals surface area contributed by atoms with Crippen molar-refractivity contribution in [3.05, 3.63) is 22.4 Å². The van der Waals surface area contributed by atoms with Crippen molar-refractivity contribution in [2.24, 2.45) is 5.92 Å². The number of hydrogen-bond acceptors (Lipinski definition) is 4. The van der Waals surface area contributed by atoms with Crippen LogP contribution in [0.1, 0.15) is 35.4 Å². The highest BCUT2D eigenvalue weighted by Gasteiger charge is 2.16. The lowest BCUT2D eigenvalue weighted by molar-refractivity contribution is 0.0418. The minimum Gasteiger partial charge on any atom is -0.381 e. The fourth-order valence-corrected chi connectivity index (χ4v) is 3.25. The Hall–Kier alpha value is -0.710. The second kappa shape index (κ2) is 7.78. The van der Waals surface area contributed by atoms with E-state index in [4.69, 9.17) is 4.74 Å². The highest BCUT2D eigenvalue weighted by molar-refractivity contribution is 7.12. The standard InChI is InChI=1S/C15H23NO2S/c1-16(11-13-5-3-9-18-12-13)8-2-6-14(17)15-7-4-10-19-15/h4,7,10,13H,2-3,5-6,8-9,11-12H2,1H3. The van der Waals surface area contributed by atoms with Crippen molar-refractivity contribution in [1.82, 2.24) is 4.90 Å². The molecular weight excluding hydrogens is 258 g/mol. The zero-order chi connectivity index (χ0) is 13.5. The van der Waals surface area contributed by atoms with Gasteiger partial charge in [0.1, 0.15) is 0 Å². The number of ketones is 1. The van der Waals surface area contributed by atoms with Crippen LogP contribution in [0.3, 0.4) is 0 Å². The van der Waals surface area contributed by atoms with Crippen molar-refractivity contribution in [2.45, 2.75) is 25.7 Å². The van der Waals surface area contributed by atoms with Gasteiger partial charge < -0.3 is 9.64 Å². The smallest absolute Gasteiger partial charge is 0.172 e. The molecule has 1 aromatic rings. The molecule has 106 valence electrons. The average molecular weight is 281 g/mol. The molecule has 1 unspecified atom stereocenters. The molecule has 2 rings (SSSR count). The minimum atomic E-state index is 0.282. The topological polar surface area (TPSA) is 29.5 Å². The molecule has 1 fully saturated rings. The number of carbonyl (C=O) groups is 1. The van der Waals surface area contributed by atoms with E-state index < -0.39 is 0 Å². The van der Waals surface area contributed by atoms with Gasteiger partial charge in [-0.25, -0.2) is 0 Å². The summed E-state index contributed by atoms with van der Waals surface area (Å²) in [6, 6.07) is 3.85. The zero-order valence-corrected chi connectivity index (χ0v) is 12.5. The molecule has 1 aliphatic heterocycles. The molecule has 0 bridgehead atoms. The summed E-state index contributed by atoms with van der Waals surface area (Å²) in [7, 11) is 2.14. The summed E-state index contributed by atoms with van der Waals surface area (Å²) in [5.41, 5.74) is 0. The Morgan fingerprint density at radius 1 is 1.58 bits per heavy atom. The van der Waals surface area contributed by atoms with Crippen molar-refractivity contribution in [2.75, 3.05) is 33.4 Å². The number of nitrogens with zero attached hydrogens (tertiary/aromatic N) is 1. The van der Waals surface area contributed by atoms with Gasteiger partial charge in [0, 0.05) is 19.6 Å². The average Bonchev–Trinajstić information content (AvgIpc) is 2.93. The summed E-state index contributed by atoms with van der Waals surface area (Å²) >= 11 is 1.54. The van der Waals surface area contributed by atoms with Gasteiger partial charge in [-0.3, -0.25) is 4.79 Å². The Balaban J connectivity index is 1.60. The Bertz CT molecular complexity index is 372. The van der Waals surface area contributed by atoms with Gasteiger partial charge in [0.2, 0.25) is 0 Å². The second-order valence-corrected chi connectivity index (χ2v) is 6.30.